The van der Waals surface area contributed by atoms with Crippen molar-refractivity contribution in [3.63, 3.8) is 0 Å². The van der Waals surface area contributed by atoms with Crippen LogP contribution in [0.5, 0.6) is 0 Å². The van der Waals surface area contributed by atoms with Crippen molar-refractivity contribution in [3.8, 4) is 0 Å². The molecule has 34 heavy (non-hydrogen) atoms. The number of amides is 1. The van der Waals surface area contributed by atoms with Crippen LogP contribution in [0.25, 0.3) is 10.9 Å². The SMILES string of the molecule is CCN(CC(=O)Nc1ccc(Cl)cc1C(=O)c1ccccc1)Cc1nc2ccccc2c(=O)[nH]1. The van der Waals surface area contributed by atoms with Crippen LogP contribution in [0, 0.1) is 0 Å². The fraction of sp³-hybridized carbons (Fsp3) is 0.154. The molecule has 0 radical (unpaired) electrons. The van der Waals surface area contributed by atoms with Crippen molar-refractivity contribution in [2.45, 2.75) is 13.5 Å². The van der Waals surface area contributed by atoms with Crippen molar-refractivity contribution >= 4 is 39.9 Å². The zero-order chi connectivity index (χ0) is 24.1. The number of aromatic nitrogens is 2. The molecule has 0 unspecified atom stereocenters. The van der Waals surface area contributed by atoms with E-state index in [1.807, 2.05) is 24.0 Å². The maximum Gasteiger partial charge on any atom is 0.258 e. The molecule has 0 aliphatic heterocycles. The van der Waals surface area contributed by atoms with Crippen LogP contribution in [0.4, 0.5) is 5.69 Å². The van der Waals surface area contributed by atoms with Gasteiger partial charge in [0.1, 0.15) is 5.82 Å². The molecule has 1 aromatic heterocycles. The van der Waals surface area contributed by atoms with E-state index in [9.17, 15) is 14.4 Å². The van der Waals surface area contributed by atoms with Crippen molar-refractivity contribution in [1.82, 2.24) is 14.9 Å². The summed E-state index contributed by atoms with van der Waals surface area (Å²) < 4.78 is 0. The van der Waals surface area contributed by atoms with Crippen LogP contribution >= 0.6 is 11.6 Å². The third-order valence-electron chi connectivity index (χ3n) is 5.39. The van der Waals surface area contributed by atoms with Gasteiger partial charge in [-0.05, 0) is 36.9 Å². The zero-order valence-corrected chi connectivity index (χ0v) is 19.3. The number of carbonyl (C=O) groups is 2. The van der Waals surface area contributed by atoms with Gasteiger partial charge in [0, 0.05) is 16.1 Å². The number of halogens is 1. The van der Waals surface area contributed by atoms with E-state index in [0.717, 1.165) is 0 Å². The number of hydrogen-bond donors (Lipinski definition) is 2. The highest BCUT2D eigenvalue weighted by Gasteiger charge is 2.18. The lowest BCUT2D eigenvalue weighted by atomic mass is 10.0. The molecular formula is C26H23ClN4O3. The molecule has 3 aromatic carbocycles. The highest BCUT2D eigenvalue weighted by atomic mass is 35.5. The summed E-state index contributed by atoms with van der Waals surface area (Å²) in [6, 6.07) is 20.7. The van der Waals surface area contributed by atoms with Gasteiger partial charge in [0.05, 0.1) is 29.7 Å². The van der Waals surface area contributed by atoms with Crippen molar-refractivity contribution in [2.75, 3.05) is 18.4 Å². The number of carbonyl (C=O) groups excluding carboxylic acids is 2. The Hall–Kier alpha value is -3.81. The van der Waals surface area contributed by atoms with E-state index in [0.29, 0.717) is 51.7 Å². The lowest BCUT2D eigenvalue weighted by molar-refractivity contribution is -0.117. The molecule has 2 N–H and O–H groups in total. The number of ketones is 1. The monoisotopic (exact) mass is 474 g/mol. The molecule has 8 heteroatoms. The first kappa shape index (κ1) is 23.4. The summed E-state index contributed by atoms with van der Waals surface area (Å²) in [4.78, 5) is 47.3. The van der Waals surface area contributed by atoms with Crippen molar-refractivity contribution < 1.29 is 9.59 Å². The fourth-order valence-electron chi connectivity index (χ4n) is 3.65. The summed E-state index contributed by atoms with van der Waals surface area (Å²) in [5.41, 5.74) is 1.59. The summed E-state index contributed by atoms with van der Waals surface area (Å²) in [6.45, 7) is 2.81. The van der Waals surface area contributed by atoms with E-state index in [2.05, 4.69) is 15.3 Å². The van der Waals surface area contributed by atoms with Crippen molar-refractivity contribution in [1.29, 1.82) is 0 Å². The van der Waals surface area contributed by atoms with Gasteiger partial charge in [0.25, 0.3) is 5.56 Å². The molecule has 0 saturated carbocycles. The van der Waals surface area contributed by atoms with Crippen molar-refractivity contribution in [2.24, 2.45) is 0 Å². The molecule has 7 nitrogen and oxygen atoms in total. The number of fused-ring (bicyclic) bond motifs is 1. The van der Waals surface area contributed by atoms with Gasteiger partial charge in [-0.15, -0.1) is 0 Å². The van der Waals surface area contributed by atoms with Crippen LogP contribution in [-0.2, 0) is 11.3 Å². The highest BCUT2D eigenvalue weighted by molar-refractivity contribution is 6.31. The normalized spacial score (nSPS) is 11.0. The van der Waals surface area contributed by atoms with E-state index >= 15 is 0 Å². The van der Waals surface area contributed by atoms with Crippen molar-refractivity contribution in [3.05, 3.63) is 105 Å². The van der Waals surface area contributed by atoms with Gasteiger partial charge in [-0.2, -0.15) is 0 Å². The number of nitrogens with one attached hydrogen (secondary N) is 2. The topological polar surface area (TPSA) is 95.2 Å². The minimum atomic E-state index is -0.297. The maximum atomic E-state index is 13.0. The molecule has 0 spiro atoms. The van der Waals surface area contributed by atoms with E-state index in [1.54, 1.807) is 60.7 Å². The van der Waals surface area contributed by atoms with E-state index in [4.69, 9.17) is 11.6 Å². The number of hydrogen-bond acceptors (Lipinski definition) is 5. The Morgan fingerprint density at radius 2 is 1.76 bits per heavy atom. The Morgan fingerprint density at radius 3 is 2.53 bits per heavy atom. The van der Waals surface area contributed by atoms with Gasteiger partial charge in [-0.3, -0.25) is 19.3 Å². The molecule has 0 atom stereocenters. The highest BCUT2D eigenvalue weighted by Crippen LogP contribution is 2.24. The maximum absolute atomic E-state index is 13.0. The quantitative estimate of drug-likeness (QED) is 0.372. The Labute approximate surface area is 201 Å². The molecule has 0 aliphatic carbocycles. The van der Waals surface area contributed by atoms with Gasteiger partial charge in [-0.1, -0.05) is 61.0 Å². The summed E-state index contributed by atoms with van der Waals surface area (Å²) >= 11 is 6.13. The van der Waals surface area contributed by atoms with Gasteiger partial charge in [0.2, 0.25) is 5.91 Å². The number of aromatic amines is 1. The van der Waals surface area contributed by atoms with Crippen LogP contribution in [0.1, 0.15) is 28.7 Å². The van der Waals surface area contributed by atoms with Crippen LogP contribution in [0.3, 0.4) is 0 Å². The van der Waals surface area contributed by atoms with E-state index < -0.39 is 0 Å². The molecule has 1 amide bonds. The smallest absolute Gasteiger partial charge is 0.258 e. The number of benzene rings is 3. The average Bonchev–Trinajstić information content (AvgIpc) is 2.85. The van der Waals surface area contributed by atoms with Gasteiger partial charge in [-0.25, -0.2) is 4.98 Å². The first-order chi connectivity index (χ1) is 16.4. The second-order valence-electron chi connectivity index (χ2n) is 7.77. The van der Waals surface area contributed by atoms with Crippen LogP contribution < -0.4 is 10.9 Å². The first-order valence-electron chi connectivity index (χ1n) is 10.8. The van der Waals surface area contributed by atoms with Crippen LogP contribution in [0.15, 0.2) is 77.6 Å². The minimum absolute atomic E-state index is 0.0502. The molecule has 4 rings (SSSR count). The summed E-state index contributed by atoms with van der Waals surface area (Å²) in [5, 5.41) is 3.75. The zero-order valence-electron chi connectivity index (χ0n) is 18.5. The third kappa shape index (κ3) is 5.39. The predicted molar refractivity (Wildman–Crippen MR) is 133 cm³/mol. The Kier molecular flexibility index (Phi) is 7.15. The number of nitrogens with zero attached hydrogens (tertiary/aromatic N) is 2. The Balaban J connectivity index is 1.50. The second kappa shape index (κ2) is 10.4. The molecule has 0 bridgehead atoms. The molecule has 0 saturated heterocycles. The fourth-order valence-corrected chi connectivity index (χ4v) is 3.82. The van der Waals surface area contributed by atoms with Gasteiger partial charge >= 0.3 is 0 Å². The summed E-state index contributed by atoms with van der Waals surface area (Å²) in [7, 11) is 0. The number of rotatable bonds is 8. The predicted octanol–water partition coefficient (Wildman–Crippen LogP) is 4.27. The summed E-state index contributed by atoms with van der Waals surface area (Å²) in [5.74, 6) is -0.0529. The van der Waals surface area contributed by atoms with Gasteiger partial charge in [0.15, 0.2) is 5.78 Å². The lowest BCUT2D eigenvalue weighted by Gasteiger charge is -2.20. The Bertz CT molecular complexity index is 1400. The number of H-pyrrole nitrogens is 1. The second-order valence-corrected chi connectivity index (χ2v) is 8.20. The summed E-state index contributed by atoms with van der Waals surface area (Å²) in [6.07, 6.45) is 0. The standard InChI is InChI=1S/C26H23ClN4O3/c1-2-31(15-23-28-21-11-7-6-10-19(21)26(34)30-23)16-24(32)29-22-13-12-18(27)14-20(22)25(33)17-8-4-3-5-9-17/h3-14H,2,15-16H2,1H3,(H,29,32)(H,28,30,34). The largest absolute Gasteiger partial charge is 0.324 e. The number of anilines is 1. The molecule has 4 aromatic rings. The Morgan fingerprint density at radius 1 is 1.03 bits per heavy atom. The van der Waals surface area contributed by atoms with E-state index in [-0.39, 0.29) is 23.8 Å². The molecule has 0 aliphatic rings. The first-order valence-corrected chi connectivity index (χ1v) is 11.2. The number of likely N-dealkylation sites (N-methyl/N-ethyl adjacent to an activating group) is 1. The van der Waals surface area contributed by atoms with Crippen LogP contribution in [-0.4, -0.2) is 39.6 Å². The molecule has 0 fully saturated rings. The minimum Gasteiger partial charge on any atom is -0.324 e. The lowest BCUT2D eigenvalue weighted by Crippen LogP contribution is -2.34. The average molecular weight is 475 g/mol. The van der Waals surface area contributed by atoms with Gasteiger partial charge < -0.3 is 10.3 Å². The van der Waals surface area contributed by atoms with Crippen LogP contribution in [0.2, 0.25) is 5.02 Å². The molecule has 172 valence electrons. The third-order valence-corrected chi connectivity index (χ3v) is 5.62. The molecule has 1 heterocycles. The number of para-hydroxylation sites is 1. The van der Waals surface area contributed by atoms with E-state index in [1.165, 1.54) is 0 Å². The molecular weight excluding hydrogens is 452 g/mol.